The minimum Gasteiger partial charge on any atom is -0.507 e. The first-order valence-corrected chi connectivity index (χ1v) is 11.7. The number of carbonyl (C=O) groups excluding carboxylic acids is 3. The highest BCUT2D eigenvalue weighted by molar-refractivity contribution is 6.51. The second kappa shape index (κ2) is 9.65. The summed E-state index contributed by atoms with van der Waals surface area (Å²) in [5.41, 5.74) is 2.23. The number of aliphatic hydroxyl groups excluding tert-OH is 1. The van der Waals surface area contributed by atoms with Gasteiger partial charge in [0.2, 0.25) is 0 Å². The summed E-state index contributed by atoms with van der Waals surface area (Å²) >= 11 is 0. The van der Waals surface area contributed by atoms with Crippen LogP contribution in [0.5, 0.6) is 5.75 Å². The van der Waals surface area contributed by atoms with Gasteiger partial charge in [-0.25, -0.2) is 4.79 Å². The van der Waals surface area contributed by atoms with Gasteiger partial charge in [0, 0.05) is 23.9 Å². The number of carbonyl (C=O) groups is 3. The van der Waals surface area contributed by atoms with Crippen LogP contribution in [-0.4, -0.2) is 41.0 Å². The zero-order valence-corrected chi connectivity index (χ0v) is 19.6. The van der Waals surface area contributed by atoms with Crippen molar-refractivity contribution >= 4 is 29.1 Å². The molecule has 3 aromatic rings. The van der Waals surface area contributed by atoms with E-state index in [1.807, 2.05) is 6.92 Å². The second-order valence-electron chi connectivity index (χ2n) is 8.53. The van der Waals surface area contributed by atoms with Crippen molar-refractivity contribution < 1.29 is 29.0 Å². The van der Waals surface area contributed by atoms with Crippen LogP contribution in [0.25, 0.3) is 5.76 Å². The third kappa shape index (κ3) is 4.11. The van der Waals surface area contributed by atoms with Crippen LogP contribution < -0.4 is 9.64 Å². The summed E-state index contributed by atoms with van der Waals surface area (Å²) in [6.07, 6.45) is 2.92. The monoisotopic (exact) mass is 484 g/mol. The van der Waals surface area contributed by atoms with Crippen molar-refractivity contribution in [1.82, 2.24) is 4.98 Å². The van der Waals surface area contributed by atoms with Gasteiger partial charge < -0.3 is 14.6 Å². The number of fused-ring (bicyclic) bond motifs is 1. The Morgan fingerprint density at radius 3 is 2.75 bits per heavy atom. The van der Waals surface area contributed by atoms with Gasteiger partial charge in [-0.1, -0.05) is 19.1 Å². The van der Waals surface area contributed by atoms with E-state index in [1.54, 1.807) is 60.8 Å². The third-order valence-corrected chi connectivity index (χ3v) is 6.17. The number of esters is 1. The molecule has 0 spiro atoms. The van der Waals surface area contributed by atoms with Crippen molar-refractivity contribution in [3.63, 3.8) is 0 Å². The molecule has 8 nitrogen and oxygen atoms in total. The van der Waals surface area contributed by atoms with Crippen molar-refractivity contribution in [3.8, 4) is 5.75 Å². The fourth-order valence-corrected chi connectivity index (χ4v) is 4.47. The number of aliphatic hydroxyl groups is 1. The molecule has 3 heterocycles. The Hall–Kier alpha value is -4.46. The van der Waals surface area contributed by atoms with Gasteiger partial charge in [0.15, 0.2) is 0 Å². The average molecular weight is 485 g/mol. The third-order valence-electron chi connectivity index (χ3n) is 6.17. The Balaban J connectivity index is 1.63. The zero-order valence-electron chi connectivity index (χ0n) is 19.6. The largest absolute Gasteiger partial charge is 0.507 e. The van der Waals surface area contributed by atoms with Crippen LogP contribution in [-0.2, 0) is 20.7 Å². The van der Waals surface area contributed by atoms with Crippen molar-refractivity contribution in [2.45, 2.75) is 25.8 Å². The van der Waals surface area contributed by atoms with Crippen molar-refractivity contribution in [2.24, 2.45) is 0 Å². The van der Waals surface area contributed by atoms with Gasteiger partial charge in [0.05, 0.1) is 30.0 Å². The van der Waals surface area contributed by atoms with E-state index in [-0.39, 0.29) is 23.5 Å². The number of nitrogens with zero attached hydrogens (tertiary/aromatic N) is 2. The van der Waals surface area contributed by atoms with Crippen LogP contribution in [0.3, 0.4) is 0 Å². The first-order valence-electron chi connectivity index (χ1n) is 11.7. The van der Waals surface area contributed by atoms with E-state index in [4.69, 9.17) is 9.47 Å². The molecule has 36 heavy (non-hydrogen) atoms. The SMILES string of the molecule is CCCOC(=O)c1cccc(N2C(=O)C(=O)/C(=C(\O)c3ccc4c(c3)CCO4)C2c2ccccn2)c1. The molecule has 1 aromatic heterocycles. The molecule has 1 saturated heterocycles. The molecule has 1 unspecified atom stereocenters. The standard InChI is InChI=1S/C28H24N2O6/c1-2-13-36-28(34)19-6-5-7-20(16-19)30-24(21-8-3-4-12-29-21)23(26(32)27(30)33)25(31)18-9-10-22-17(15-18)11-14-35-22/h3-10,12,15-16,24,31H,2,11,13-14H2,1H3/b25-23-. The highest BCUT2D eigenvalue weighted by Crippen LogP contribution is 2.42. The minimum atomic E-state index is -0.988. The molecule has 182 valence electrons. The van der Waals surface area contributed by atoms with E-state index in [9.17, 15) is 19.5 Å². The fraction of sp³-hybridized carbons (Fsp3) is 0.214. The molecule has 2 aliphatic rings. The van der Waals surface area contributed by atoms with Crippen LogP contribution in [0.2, 0.25) is 0 Å². The van der Waals surface area contributed by atoms with Crippen LogP contribution in [0.15, 0.2) is 72.4 Å². The van der Waals surface area contributed by atoms with E-state index < -0.39 is 23.7 Å². The van der Waals surface area contributed by atoms with E-state index in [2.05, 4.69) is 4.98 Å². The van der Waals surface area contributed by atoms with Gasteiger partial charge in [0.25, 0.3) is 11.7 Å². The van der Waals surface area contributed by atoms with Gasteiger partial charge in [-0.15, -0.1) is 0 Å². The van der Waals surface area contributed by atoms with Crippen LogP contribution in [0.1, 0.15) is 46.6 Å². The van der Waals surface area contributed by atoms with E-state index >= 15 is 0 Å². The highest BCUT2D eigenvalue weighted by Gasteiger charge is 2.47. The predicted molar refractivity (Wildman–Crippen MR) is 132 cm³/mol. The number of aromatic nitrogens is 1. The summed E-state index contributed by atoms with van der Waals surface area (Å²) in [4.78, 5) is 44.8. The van der Waals surface area contributed by atoms with E-state index in [0.717, 1.165) is 11.3 Å². The number of hydrogen-bond acceptors (Lipinski definition) is 7. The summed E-state index contributed by atoms with van der Waals surface area (Å²) in [7, 11) is 0. The molecule has 0 saturated carbocycles. The Labute approximate surface area is 207 Å². The molecule has 1 N–H and O–H groups in total. The summed E-state index contributed by atoms with van der Waals surface area (Å²) in [5, 5.41) is 11.3. The molecule has 0 radical (unpaired) electrons. The Bertz CT molecular complexity index is 1380. The molecule has 5 rings (SSSR count). The lowest BCUT2D eigenvalue weighted by Crippen LogP contribution is -2.30. The van der Waals surface area contributed by atoms with E-state index in [1.165, 1.54) is 11.0 Å². The van der Waals surface area contributed by atoms with Crippen LogP contribution in [0.4, 0.5) is 5.69 Å². The van der Waals surface area contributed by atoms with Crippen LogP contribution >= 0.6 is 0 Å². The number of hydrogen-bond donors (Lipinski definition) is 1. The number of ketones is 1. The summed E-state index contributed by atoms with van der Waals surface area (Å²) in [6, 6.07) is 15.7. The number of benzene rings is 2. The molecule has 1 amide bonds. The predicted octanol–water partition coefficient (Wildman–Crippen LogP) is 4.21. The topological polar surface area (TPSA) is 106 Å². The van der Waals surface area contributed by atoms with Gasteiger partial charge >= 0.3 is 5.97 Å². The van der Waals surface area contributed by atoms with Crippen molar-refractivity contribution in [2.75, 3.05) is 18.1 Å². The minimum absolute atomic E-state index is 0.0727. The average Bonchev–Trinajstić information content (AvgIpc) is 3.49. The van der Waals surface area contributed by atoms with Crippen molar-refractivity contribution in [3.05, 3.63) is 94.8 Å². The zero-order chi connectivity index (χ0) is 25.2. The lowest BCUT2D eigenvalue weighted by atomic mass is 9.97. The maximum atomic E-state index is 13.3. The lowest BCUT2D eigenvalue weighted by molar-refractivity contribution is -0.132. The lowest BCUT2D eigenvalue weighted by Gasteiger charge is -2.25. The molecule has 1 atom stereocenters. The maximum Gasteiger partial charge on any atom is 0.338 e. The van der Waals surface area contributed by atoms with Gasteiger partial charge in [0.1, 0.15) is 17.6 Å². The second-order valence-corrected chi connectivity index (χ2v) is 8.53. The molecule has 2 aliphatic heterocycles. The number of Topliss-reactive ketones (excluding diaryl/α,β-unsaturated/α-hetero) is 1. The van der Waals surface area contributed by atoms with Crippen molar-refractivity contribution in [1.29, 1.82) is 0 Å². The fourth-order valence-electron chi connectivity index (χ4n) is 4.47. The Morgan fingerprint density at radius 1 is 1.11 bits per heavy atom. The normalized spacial score (nSPS) is 18.1. The summed E-state index contributed by atoms with van der Waals surface area (Å²) < 4.78 is 10.8. The number of pyridine rings is 1. The maximum absolute atomic E-state index is 13.3. The molecule has 0 bridgehead atoms. The number of amides is 1. The first kappa shape index (κ1) is 23.3. The van der Waals surface area contributed by atoms with Crippen LogP contribution in [0, 0.1) is 0 Å². The summed E-state index contributed by atoms with van der Waals surface area (Å²) in [6.45, 7) is 2.71. The smallest absolute Gasteiger partial charge is 0.338 e. The van der Waals surface area contributed by atoms with Gasteiger partial charge in [-0.05, 0) is 60.5 Å². The van der Waals surface area contributed by atoms with Gasteiger partial charge in [-0.2, -0.15) is 0 Å². The Kier molecular flexibility index (Phi) is 6.25. The number of ether oxygens (including phenoxy) is 2. The number of anilines is 1. The Morgan fingerprint density at radius 2 is 1.97 bits per heavy atom. The highest BCUT2D eigenvalue weighted by atomic mass is 16.5. The van der Waals surface area contributed by atoms with Gasteiger partial charge in [-0.3, -0.25) is 19.5 Å². The quantitative estimate of drug-likeness (QED) is 0.242. The first-order chi connectivity index (χ1) is 17.5. The van der Waals surface area contributed by atoms with E-state index in [0.29, 0.717) is 36.4 Å². The molecule has 2 aromatic carbocycles. The summed E-state index contributed by atoms with van der Waals surface area (Å²) in [5.74, 6) is -1.74. The molecular formula is C28H24N2O6. The molecular weight excluding hydrogens is 460 g/mol. The number of rotatable bonds is 6. The molecule has 0 aliphatic carbocycles. The molecule has 8 heteroatoms. The molecule has 1 fully saturated rings.